The van der Waals surface area contributed by atoms with Crippen LogP contribution in [0.1, 0.15) is 39.0 Å². The molecule has 0 aromatic rings. The van der Waals surface area contributed by atoms with Gasteiger partial charge in [0.2, 0.25) is 5.91 Å². The second-order valence-corrected chi connectivity index (χ2v) is 5.88. The number of aliphatic carboxylic acids is 1. The monoisotopic (exact) mass is 269 g/mol. The first-order chi connectivity index (χ1) is 9.06. The largest absolute Gasteiger partial charge is 0.481 e. The number of aliphatic hydroxyl groups is 1. The molecule has 0 spiro atoms. The minimum absolute atomic E-state index is 0.0304. The van der Waals surface area contributed by atoms with Crippen molar-refractivity contribution >= 4 is 11.9 Å². The minimum atomic E-state index is -0.856. The second kappa shape index (κ2) is 5.90. The lowest BCUT2D eigenvalue weighted by Gasteiger charge is -2.34. The molecule has 4 atom stereocenters. The zero-order valence-electron chi connectivity index (χ0n) is 11.4. The van der Waals surface area contributed by atoms with E-state index in [2.05, 4.69) is 0 Å². The third kappa shape index (κ3) is 2.76. The van der Waals surface area contributed by atoms with E-state index in [1.807, 2.05) is 6.92 Å². The molecule has 0 aromatic carbocycles. The van der Waals surface area contributed by atoms with Crippen LogP contribution < -0.4 is 0 Å². The second-order valence-electron chi connectivity index (χ2n) is 5.88. The Kier molecular flexibility index (Phi) is 4.45. The summed E-state index contributed by atoms with van der Waals surface area (Å²) in [5.74, 6) is -1.57. The lowest BCUT2D eigenvalue weighted by molar-refractivity contribution is -0.153. The van der Waals surface area contributed by atoms with Crippen molar-refractivity contribution in [3.05, 3.63) is 0 Å². The van der Waals surface area contributed by atoms with Crippen molar-refractivity contribution in [2.24, 2.45) is 17.8 Å². The number of carboxylic acids is 1. The Morgan fingerprint density at radius 3 is 2.37 bits per heavy atom. The third-order valence-corrected chi connectivity index (χ3v) is 4.75. The van der Waals surface area contributed by atoms with Crippen LogP contribution in [0, 0.1) is 17.8 Å². The van der Waals surface area contributed by atoms with E-state index in [4.69, 9.17) is 0 Å². The average molecular weight is 269 g/mol. The van der Waals surface area contributed by atoms with E-state index in [9.17, 15) is 19.8 Å². The van der Waals surface area contributed by atoms with E-state index in [1.165, 1.54) is 0 Å². The van der Waals surface area contributed by atoms with Crippen molar-refractivity contribution in [2.75, 3.05) is 13.2 Å². The minimum Gasteiger partial charge on any atom is -0.481 e. The van der Waals surface area contributed by atoms with E-state index < -0.39 is 17.8 Å². The maximum absolute atomic E-state index is 12.6. The number of hydrogen-bond donors (Lipinski definition) is 2. The van der Waals surface area contributed by atoms with E-state index in [0.717, 1.165) is 19.3 Å². The van der Waals surface area contributed by atoms with Gasteiger partial charge in [0, 0.05) is 6.54 Å². The SMILES string of the molecule is CC1CCN(C(=O)[C@@H]2CCCC[C@@H]2C(=O)O)C1CO. The molecule has 19 heavy (non-hydrogen) atoms. The van der Waals surface area contributed by atoms with Crippen LogP contribution in [-0.4, -0.2) is 46.2 Å². The third-order valence-electron chi connectivity index (χ3n) is 4.75. The van der Waals surface area contributed by atoms with Gasteiger partial charge in [0.15, 0.2) is 0 Å². The van der Waals surface area contributed by atoms with Crippen LogP contribution in [0.15, 0.2) is 0 Å². The Morgan fingerprint density at radius 2 is 1.79 bits per heavy atom. The molecule has 1 saturated carbocycles. The van der Waals surface area contributed by atoms with Gasteiger partial charge in [0.25, 0.3) is 0 Å². The molecule has 2 unspecified atom stereocenters. The van der Waals surface area contributed by atoms with E-state index >= 15 is 0 Å². The smallest absolute Gasteiger partial charge is 0.307 e. The number of rotatable bonds is 3. The number of hydrogen-bond acceptors (Lipinski definition) is 3. The van der Waals surface area contributed by atoms with E-state index in [0.29, 0.717) is 25.3 Å². The predicted molar refractivity (Wildman–Crippen MR) is 69.5 cm³/mol. The zero-order chi connectivity index (χ0) is 14.0. The van der Waals surface area contributed by atoms with Gasteiger partial charge >= 0.3 is 5.97 Å². The molecule has 1 aliphatic carbocycles. The van der Waals surface area contributed by atoms with Crippen molar-refractivity contribution in [3.63, 3.8) is 0 Å². The van der Waals surface area contributed by atoms with Crippen molar-refractivity contribution in [1.82, 2.24) is 4.90 Å². The lowest BCUT2D eigenvalue weighted by atomic mass is 9.78. The van der Waals surface area contributed by atoms with Gasteiger partial charge in [-0.1, -0.05) is 19.8 Å². The van der Waals surface area contributed by atoms with Gasteiger partial charge < -0.3 is 15.1 Å². The molecule has 1 amide bonds. The molecule has 2 rings (SSSR count). The van der Waals surface area contributed by atoms with E-state index in [1.54, 1.807) is 4.90 Å². The summed E-state index contributed by atoms with van der Waals surface area (Å²) < 4.78 is 0. The zero-order valence-corrected chi connectivity index (χ0v) is 11.4. The molecule has 1 heterocycles. The molecule has 5 nitrogen and oxygen atoms in total. The maximum atomic E-state index is 12.6. The molecule has 108 valence electrons. The molecule has 5 heteroatoms. The van der Waals surface area contributed by atoms with Crippen LogP contribution in [0.3, 0.4) is 0 Å². The number of nitrogens with zero attached hydrogens (tertiary/aromatic N) is 1. The standard InChI is InChI=1S/C14H23NO4/c1-9-6-7-15(12(9)8-16)13(17)10-4-2-3-5-11(10)14(18)19/h9-12,16H,2-8H2,1H3,(H,18,19)/t9?,10-,11+,12?/m1/s1. The van der Waals surface area contributed by atoms with Crippen LogP contribution >= 0.6 is 0 Å². The molecule has 2 fully saturated rings. The number of amides is 1. The highest BCUT2D eigenvalue weighted by atomic mass is 16.4. The highest BCUT2D eigenvalue weighted by molar-refractivity contribution is 5.85. The molecule has 2 aliphatic rings. The fourth-order valence-corrected chi connectivity index (χ4v) is 3.50. The topological polar surface area (TPSA) is 77.8 Å². The molecule has 0 radical (unpaired) electrons. The van der Waals surface area contributed by atoms with Gasteiger partial charge in [-0.2, -0.15) is 0 Å². The van der Waals surface area contributed by atoms with Crippen molar-refractivity contribution in [2.45, 2.75) is 45.1 Å². The Labute approximate surface area is 113 Å². The van der Waals surface area contributed by atoms with Crippen LogP contribution in [0.5, 0.6) is 0 Å². The van der Waals surface area contributed by atoms with Crippen LogP contribution in [0.25, 0.3) is 0 Å². The van der Waals surface area contributed by atoms with Gasteiger partial charge in [-0.15, -0.1) is 0 Å². The Hall–Kier alpha value is -1.10. The fraction of sp³-hybridized carbons (Fsp3) is 0.857. The summed E-state index contributed by atoms with van der Waals surface area (Å²) in [7, 11) is 0. The summed E-state index contributed by atoms with van der Waals surface area (Å²) in [5, 5.41) is 18.7. The summed E-state index contributed by atoms with van der Waals surface area (Å²) in [6.07, 6.45) is 3.97. The fourth-order valence-electron chi connectivity index (χ4n) is 3.50. The molecule has 1 aliphatic heterocycles. The first kappa shape index (κ1) is 14.3. The summed E-state index contributed by atoms with van der Waals surface area (Å²) >= 11 is 0. The number of aliphatic hydroxyl groups excluding tert-OH is 1. The molecular weight excluding hydrogens is 246 g/mol. The predicted octanol–water partition coefficient (Wildman–Crippen LogP) is 1.11. The van der Waals surface area contributed by atoms with Gasteiger partial charge in [-0.3, -0.25) is 9.59 Å². The quantitative estimate of drug-likeness (QED) is 0.804. The molecule has 0 aromatic heterocycles. The maximum Gasteiger partial charge on any atom is 0.307 e. The number of likely N-dealkylation sites (tertiary alicyclic amines) is 1. The first-order valence-electron chi connectivity index (χ1n) is 7.20. The molecule has 2 N–H and O–H groups in total. The van der Waals surface area contributed by atoms with Gasteiger partial charge in [-0.05, 0) is 25.2 Å². The van der Waals surface area contributed by atoms with Gasteiger partial charge in [0.05, 0.1) is 24.5 Å². The van der Waals surface area contributed by atoms with Gasteiger partial charge in [-0.25, -0.2) is 0 Å². The molecular formula is C14H23NO4. The number of carbonyl (C=O) groups excluding carboxylic acids is 1. The molecule has 0 bridgehead atoms. The molecule has 1 saturated heterocycles. The van der Waals surface area contributed by atoms with Crippen molar-refractivity contribution in [1.29, 1.82) is 0 Å². The summed E-state index contributed by atoms with van der Waals surface area (Å²) in [5.41, 5.74) is 0. The lowest BCUT2D eigenvalue weighted by Crippen LogP contribution is -2.46. The Balaban J connectivity index is 2.11. The number of carboxylic acid groups (broad SMARTS) is 1. The van der Waals surface area contributed by atoms with Crippen molar-refractivity contribution in [3.8, 4) is 0 Å². The highest BCUT2D eigenvalue weighted by Gasteiger charge is 2.42. The summed E-state index contributed by atoms with van der Waals surface area (Å²) in [6, 6.07) is -0.135. The number of carbonyl (C=O) groups is 2. The Morgan fingerprint density at radius 1 is 1.16 bits per heavy atom. The van der Waals surface area contributed by atoms with Gasteiger partial charge in [0.1, 0.15) is 0 Å². The average Bonchev–Trinajstić information content (AvgIpc) is 2.78. The van der Waals surface area contributed by atoms with Crippen molar-refractivity contribution < 1.29 is 19.8 Å². The normalized spacial score (nSPS) is 35.4. The van der Waals surface area contributed by atoms with Crippen LogP contribution in [0.4, 0.5) is 0 Å². The van der Waals surface area contributed by atoms with Crippen LogP contribution in [0.2, 0.25) is 0 Å². The van der Waals surface area contributed by atoms with E-state index in [-0.39, 0.29) is 18.6 Å². The van der Waals surface area contributed by atoms with Crippen LogP contribution in [-0.2, 0) is 9.59 Å². The summed E-state index contributed by atoms with van der Waals surface area (Å²) in [4.78, 5) is 25.6. The Bertz CT molecular complexity index is 357. The highest BCUT2D eigenvalue weighted by Crippen LogP contribution is 2.34. The first-order valence-corrected chi connectivity index (χ1v) is 7.20. The summed E-state index contributed by atoms with van der Waals surface area (Å²) in [6.45, 7) is 2.65.